The van der Waals surface area contributed by atoms with E-state index in [0.717, 1.165) is 12.2 Å². The summed E-state index contributed by atoms with van der Waals surface area (Å²) in [6, 6.07) is 0. The van der Waals surface area contributed by atoms with E-state index in [1.54, 1.807) is 11.8 Å². The van der Waals surface area contributed by atoms with Gasteiger partial charge in [0.1, 0.15) is 0 Å². The number of carboxylic acid groups (broad SMARTS) is 1. The number of thioether (sulfide) groups is 1. The lowest BCUT2D eigenvalue weighted by Crippen LogP contribution is -2.20. The first kappa shape index (κ1) is 11.8. The molecule has 3 nitrogen and oxygen atoms in total. The molecular formula is C8H16O3S. The molecule has 0 aromatic carbocycles. The average Bonchev–Trinajstić information content (AvgIpc) is 1.84. The highest BCUT2D eigenvalue weighted by Crippen LogP contribution is 2.28. The minimum atomic E-state index is -0.767. The van der Waals surface area contributed by atoms with Gasteiger partial charge in [-0.25, -0.2) is 0 Å². The van der Waals surface area contributed by atoms with Crippen molar-refractivity contribution in [2.75, 3.05) is 12.4 Å². The molecule has 0 aromatic rings. The van der Waals surface area contributed by atoms with Crippen LogP contribution in [0.3, 0.4) is 0 Å². The molecule has 0 spiro atoms. The Balaban J connectivity index is 3.63. The van der Waals surface area contributed by atoms with Crippen LogP contribution in [0.1, 0.15) is 26.7 Å². The highest BCUT2D eigenvalue weighted by Gasteiger charge is 2.21. The van der Waals surface area contributed by atoms with Gasteiger partial charge in [0.05, 0.1) is 6.42 Å². The van der Waals surface area contributed by atoms with Gasteiger partial charge < -0.3 is 10.2 Å². The first-order chi connectivity index (χ1) is 5.48. The lowest BCUT2D eigenvalue weighted by atomic mass is 10.1. The molecule has 0 fully saturated rings. The van der Waals surface area contributed by atoms with Gasteiger partial charge in [-0.05, 0) is 12.2 Å². The van der Waals surface area contributed by atoms with E-state index in [4.69, 9.17) is 10.2 Å². The second-order valence-electron chi connectivity index (χ2n) is 3.26. The van der Waals surface area contributed by atoms with Gasteiger partial charge in [-0.15, -0.1) is 0 Å². The smallest absolute Gasteiger partial charge is 0.304 e. The van der Waals surface area contributed by atoms with Crippen LogP contribution in [-0.2, 0) is 4.79 Å². The molecule has 0 aliphatic heterocycles. The van der Waals surface area contributed by atoms with Crippen molar-refractivity contribution in [1.82, 2.24) is 0 Å². The number of aliphatic carboxylic acids is 1. The van der Waals surface area contributed by atoms with Crippen molar-refractivity contribution >= 4 is 17.7 Å². The summed E-state index contributed by atoms with van der Waals surface area (Å²) >= 11 is 1.59. The van der Waals surface area contributed by atoms with Crippen molar-refractivity contribution in [1.29, 1.82) is 0 Å². The Kier molecular flexibility index (Phi) is 5.33. The Labute approximate surface area is 77.2 Å². The molecule has 0 bridgehead atoms. The normalized spacial score (nSPS) is 11.6. The van der Waals surface area contributed by atoms with Gasteiger partial charge in [-0.2, -0.15) is 11.8 Å². The van der Waals surface area contributed by atoms with E-state index in [1.807, 2.05) is 13.8 Å². The molecule has 0 saturated heterocycles. The highest BCUT2D eigenvalue weighted by molar-refractivity contribution is 8.00. The van der Waals surface area contributed by atoms with Crippen LogP contribution >= 0.6 is 11.8 Å². The van der Waals surface area contributed by atoms with Crippen LogP contribution in [0.4, 0.5) is 0 Å². The topological polar surface area (TPSA) is 57.5 Å². The van der Waals surface area contributed by atoms with Gasteiger partial charge in [0, 0.05) is 11.4 Å². The summed E-state index contributed by atoms with van der Waals surface area (Å²) in [6.07, 6.45) is 0.900. The van der Waals surface area contributed by atoms with E-state index in [-0.39, 0.29) is 17.8 Å². The van der Waals surface area contributed by atoms with Gasteiger partial charge in [0.2, 0.25) is 0 Å². The predicted molar refractivity (Wildman–Crippen MR) is 50.5 cm³/mol. The lowest BCUT2D eigenvalue weighted by molar-refractivity contribution is -0.137. The Morgan fingerprint density at radius 1 is 1.50 bits per heavy atom. The molecule has 12 heavy (non-hydrogen) atoms. The van der Waals surface area contributed by atoms with Crippen LogP contribution in [0.5, 0.6) is 0 Å². The maximum absolute atomic E-state index is 10.4. The number of rotatable bonds is 6. The third-order valence-corrected chi connectivity index (χ3v) is 2.79. The van der Waals surface area contributed by atoms with E-state index in [9.17, 15) is 4.79 Å². The number of aliphatic hydroxyl groups is 1. The summed E-state index contributed by atoms with van der Waals surface area (Å²) in [5, 5.41) is 17.1. The molecule has 0 aliphatic rings. The standard InChI is InChI=1S/C8H16O3S/c1-8(2,6-7(10)11)12-5-3-4-9/h9H,3-6H2,1-2H3,(H,10,11). The zero-order valence-electron chi connectivity index (χ0n) is 7.54. The third-order valence-electron chi connectivity index (χ3n) is 1.37. The molecule has 0 aromatic heterocycles. The fourth-order valence-corrected chi connectivity index (χ4v) is 1.88. The SMILES string of the molecule is CC(C)(CC(=O)O)SCCCO. The Morgan fingerprint density at radius 3 is 2.50 bits per heavy atom. The fourth-order valence-electron chi connectivity index (χ4n) is 0.828. The summed E-state index contributed by atoms with van der Waals surface area (Å²) in [4.78, 5) is 10.4. The Hall–Kier alpha value is -0.220. The molecule has 0 unspecified atom stereocenters. The maximum Gasteiger partial charge on any atom is 0.304 e. The van der Waals surface area contributed by atoms with Gasteiger partial charge in [-0.1, -0.05) is 13.8 Å². The Morgan fingerprint density at radius 2 is 2.08 bits per heavy atom. The molecular weight excluding hydrogens is 176 g/mol. The van der Waals surface area contributed by atoms with Crippen LogP contribution in [-0.4, -0.2) is 33.3 Å². The number of hydrogen-bond acceptors (Lipinski definition) is 3. The highest BCUT2D eigenvalue weighted by atomic mass is 32.2. The van der Waals surface area contributed by atoms with E-state index >= 15 is 0 Å². The molecule has 4 heteroatoms. The summed E-state index contributed by atoms with van der Waals surface area (Å²) in [5.41, 5.74) is 0. The van der Waals surface area contributed by atoms with Gasteiger partial charge in [-0.3, -0.25) is 4.79 Å². The summed E-state index contributed by atoms with van der Waals surface area (Å²) < 4.78 is -0.221. The van der Waals surface area contributed by atoms with Crippen molar-refractivity contribution in [2.24, 2.45) is 0 Å². The van der Waals surface area contributed by atoms with E-state index in [1.165, 1.54) is 0 Å². The monoisotopic (exact) mass is 192 g/mol. The van der Waals surface area contributed by atoms with Crippen LogP contribution < -0.4 is 0 Å². The molecule has 0 aliphatic carbocycles. The zero-order chi connectivity index (χ0) is 9.61. The second-order valence-corrected chi connectivity index (χ2v) is 5.06. The number of carbonyl (C=O) groups is 1. The molecule has 0 amide bonds. The third kappa shape index (κ3) is 6.49. The quantitative estimate of drug-likeness (QED) is 0.624. The van der Waals surface area contributed by atoms with Crippen molar-refractivity contribution in [2.45, 2.75) is 31.4 Å². The number of aliphatic hydroxyl groups excluding tert-OH is 1. The zero-order valence-corrected chi connectivity index (χ0v) is 8.36. The molecule has 0 atom stereocenters. The predicted octanol–water partition coefficient (Wildman–Crippen LogP) is 1.36. The lowest BCUT2D eigenvalue weighted by Gasteiger charge is -2.21. The van der Waals surface area contributed by atoms with Gasteiger partial charge in [0.15, 0.2) is 0 Å². The molecule has 0 saturated carbocycles. The summed E-state index contributed by atoms with van der Waals surface area (Å²) in [7, 11) is 0. The summed E-state index contributed by atoms with van der Waals surface area (Å²) in [6.45, 7) is 3.99. The minimum Gasteiger partial charge on any atom is -0.481 e. The second kappa shape index (κ2) is 5.43. The largest absolute Gasteiger partial charge is 0.481 e. The van der Waals surface area contributed by atoms with E-state index in [2.05, 4.69) is 0 Å². The number of hydrogen-bond donors (Lipinski definition) is 2. The average molecular weight is 192 g/mol. The van der Waals surface area contributed by atoms with Crippen molar-refractivity contribution in [3.8, 4) is 0 Å². The minimum absolute atomic E-state index is 0.170. The summed E-state index contributed by atoms with van der Waals surface area (Å²) in [5.74, 6) is 0.0491. The van der Waals surface area contributed by atoms with E-state index < -0.39 is 5.97 Å². The van der Waals surface area contributed by atoms with Crippen LogP contribution in [0.25, 0.3) is 0 Å². The van der Waals surface area contributed by atoms with Crippen molar-refractivity contribution in [3.05, 3.63) is 0 Å². The first-order valence-electron chi connectivity index (χ1n) is 3.94. The van der Waals surface area contributed by atoms with Gasteiger partial charge >= 0.3 is 5.97 Å². The maximum atomic E-state index is 10.4. The fraction of sp³-hybridized carbons (Fsp3) is 0.875. The van der Waals surface area contributed by atoms with Crippen molar-refractivity contribution < 1.29 is 15.0 Å². The van der Waals surface area contributed by atoms with Crippen LogP contribution in [0.2, 0.25) is 0 Å². The molecule has 72 valence electrons. The van der Waals surface area contributed by atoms with Gasteiger partial charge in [0.25, 0.3) is 0 Å². The molecule has 2 N–H and O–H groups in total. The Bertz CT molecular complexity index is 145. The van der Waals surface area contributed by atoms with Crippen molar-refractivity contribution in [3.63, 3.8) is 0 Å². The molecule has 0 heterocycles. The number of carboxylic acids is 1. The molecule has 0 radical (unpaired) electrons. The van der Waals surface area contributed by atoms with Crippen LogP contribution in [0.15, 0.2) is 0 Å². The first-order valence-corrected chi connectivity index (χ1v) is 4.93. The molecule has 0 rings (SSSR count). The van der Waals surface area contributed by atoms with Crippen LogP contribution in [0, 0.1) is 0 Å². The van der Waals surface area contributed by atoms with E-state index in [0.29, 0.717) is 0 Å².